The minimum Gasteiger partial charge on any atom is -0.296 e. The summed E-state index contributed by atoms with van der Waals surface area (Å²) in [6, 6.07) is 6.50. The molecule has 17 heavy (non-hydrogen) atoms. The number of benzene rings is 1. The van der Waals surface area contributed by atoms with Crippen LogP contribution in [-0.2, 0) is 4.79 Å². The van der Waals surface area contributed by atoms with Gasteiger partial charge >= 0.3 is 0 Å². The molecular weight excluding hydrogens is 222 g/mol. The SMILES string of the molecule is NNCC(=O)CN1C(=O)c2ccccc2C1=O. The first kappa shape index (κ1) is 11.4. The number of Topliss-reactive ketones (excluding diaryl/α,β-unsaturated/α-hetero) is 1. The summed E-state index contributed by atoms with van der Waals surface area (Å²) < 4.78 is 0. The Labute approximate surface area is 97.4 Å². The summed E-state index contributed by atoms with van der Waals surface area (Å²) in [7, 11) is 0. The monoisotopic (exact) mass is 233 g/mol. The number of carbonyl (C=O) groups excluding carboxylic acids is 3. The summed E-state index contributed by atoms with van der Waals surface area (Å²) in [5.41, 5.74) is 2.87. The van der Waals surface area contributed by atoms with Crippen molar-refractivity contribution >= 4 is 17.6 Å². The minimum atomic E-state index is -0.434. The molecule has 0 atom stereocenters. The van der Waals surface area contributed by atoms with Gasteiger partial charge in [-0.25, -0.2) is 0 Å². The van der Waals surface area contributed by atoms with E-state index in [1.807, 2.05) is 0 Å². The lowest BCUT2D eigenvalue weighted by atomic mass is 10.1. The van der Waals surface area contributed by atoms with Gasteiger partial charge in [0.25, 0.3) is 11.8 Å². The van der Waals surface area contributed by atoms with Gasteiger partial charge in [-0.2, -0.15) is 0 Å². The number of nitrogens with two attached hydrogens (primary N) is 1. The third kappa shape index (κ3) is 1.95. The summed E-state index contributed by atoms with van der Waals surface area (Å²) in [4.78, 5) is 36.0. The van der Waals surface area contributed by atoms with Crippen LogP contribution in [0.5, 0.6) is 0 Å². The lowest BCUT2D eigenvalue weighted by Gasteiger charge is -2.12. The highest BCUT2D eigenvalue weighted by molar-refractivity contribution is 6.22. The summed E-state index contributed by atoms with van der Waals surface area (Å²) in [5, 5.41) is 0. The maximum atomic E-state index is 11.8. The zero-order valence-corrected chi connectivity index (χ0v) is 8.97. The van der Waals surface area contributed by atoms with E-state index in [0.717, 1.165) is 4.90 Å². The number of carbonyl (C=O) groups is 3. The summed E-state index contributed by atoms with van der Waals surface area (Å²) in [6.45, 7) is -0.329. The van der Waals surface area contributed by atoms with Crippen molar-refractivity contribution in [3.05, 3.63) is 35.4 Å². The lowest BCUT2D eigenvalue weighted by molar-refractivity contribution is -0.118. The van der Waals surface area contributed by atoms with E-state index < -0.39 is 11.8 Å². The number of ketones is 1. The molecule has 0 radical (unpaired) electrons. The van der Waals surface area contributed by atoms with Crippen LogP contribution in [0, 0.1) is 0 Å². The fraction of sp³-hybridized carbons (Fsp3) is 0.182. The second-order valence-corrected chi connectivity index (χ2v) is 3.66. The summed E-state index contributed by atoms with van der Waals surface area (Å²) in [6.07, 6.45) is 0. The first-order valence-corrected chi connectivity index (χ1v) is 5.05. The number of nitrogens with zero attached hydrogens (tertiary/aromatic N) is 1. The molecule has 1 heterocycles. The van der Waals surface area contributed by atoms with E-state index in [4.69, 9.17) is 5.84 Å². The first-order valence-electron chi connectivity index (χ1n) is 5.05. The van der Waals surface area contributed by atoms with Gasteiger partial charge in [-0.3, -0.25) is 30.6 Å². The second-order valence-electron chi connectivity index (χ2n) is 3.66. The Morgan fingerprint density at radius 3 is 2.18 bits per heavy atom. The van der Waals surface area contributed by atoms with Crippen LogP contribution >= 0.6 is 0 Å². The predicted molar refractivity (Wildman–Crippen MR) is 59.0 cm³/mol. The Morgan fingerprint density at radius 1 is 1.18 bits per heavy atom. The van der Waals surface area contributed by atoms with Crippen LogP contribution in [-0.4, -0.2) is 35.6 Å². The van der Waals surface area contributed by atoms with Crippen molar-refractivity contribution in [2.24, 2.45) is 5.84 Å². The van der Waals surface area contributed by atoms with Gasteiger partial charge in [0.15, 0.2) is 5.78 Å². The maximum Gasteiger partial charge on any atom is 0.261 e. The van der Waals surface area contributed by atoms with Gasteiger partial charge in [-0.05, 0) is 12.1 Å². The molecular formula is C11H11N3O3. The fourth-order valence-electron chi connectivity index (χ4n) is 1.73. The summed E-state index contributed by atoms with van der Waals surface area (Å²) in [5.74, 6) is 3.81. The Morgan fingerprint density at radius 2 is 1.71 bits per heavy atom. The van der Waals surface area contributed by atoms with E-state index in [2.05, 4.69) is 5.43 Å². The number of hydrazine groups is 1. The average Bonchev–Trinajstić information content (AvgIpc) is 2.56. The van der Waals surface area contributed by atoms with Crippen LogP contribution in [0.3, 0.4) is 0 Å². The quantitative estimate of drug-likeness (QED) is 0.408. The lowest BCUT2D eigenvalue weighted by Crippen LogP contribution is -2.39. The topological polar surface area (TPSA) is 92.5 Å². The van der Waals surface area contributed by atoms with Crippen LogP contribution in [0.1, 0.15) is 20.7 Å². The molecule has 0 aliphatic carbocycles. The molecule has 2 amide bonds. The van der Waals surface area contributed by atoms with E-state index in [1.165, 1.54) is 0 Å². The van der Waals surface area contributed by atoms with Crippen molar-refractivity contribution in [2.75, 3.05) is 13.1 Å². The van der Waals surface area contributed by atoms with Gasteiger partial charge in [0, 0.05) is 0 Å². The first-order chi connectivity index (χ1) is 8.15. The second kappa shape index (κ2) is 4.44. The molecule has 0 unspecified atom stereocenters. The molecule has 0 saturated heterocycles. The number of nitrogens with one attached hydrogen (secondary N) is 1. The van der Waals surface area contributed by atoms with E-state index in [9.17, 15) is 14.4 Å². The van der Waals surface area contributed by atoms with Gasteiger partial charge in [0.1, 0.15) is 0 Å². The average molecular weight is 233 g/mol. The van der Waals surface area contributed by atoms with Crippen LogP contribution in [0.4, 0.5) is 0 Å². The molecule has 88 valence electrons. The fourth-order valence-corrected chi connectivity index (χ4v) is 1.73. The van der Waals surface area contributed by atoms with Gasteiger partial charge in [0.05, 0.1) is 24.2 Å². The van der Waals surface area contributed by atoms with Gasteiger partial charge in [-0.1, -0.05) is 12.1 Å². The highest BCUT2D eigenvalue weighted by Crippen LogP contribution is 2.21. The van der Waals surface area contributed by atoms with Crippen molar-refractivity contribution in [1.82, 2.24) is 10.3 Å². The Hall–Kier alpha value is -2.05. The van der Waals surface area contributed by atoms with E-state index in [-0.39, 0.29) is 18.9 Å². The molecule has 0 spiro atoms. The number of hydrogen-bond donors (Lipinski definition) is 2. The Kier molecular flexibility index (Phi) is 2.99. The number of rotatable bonds is 4. The van der Waals surface area contributed by atoms with Gasteiger partial charge in [-0.15, -0.1) is 0 Å². The highest BCUT2D eigenvalue weighted by atomic mass is 16.2. The molecule has 0 fully saturated rings. The van der Waals surface area contributed by atoms with Crippen LogP contribution in [0.15, 0.2) is 24.3 Å². The smallest absolute Gasteiger partial charge is 0.261 e. The van der Waals surface area contributed by atoms with Crippen LogP contribution in [0.25, 0.3) is 0 Å². The normalized spacial score (nSPS) is 14.1. The van der Waals surface area contributed by atoms with Gasteiger partial charge in [0.2, 0.25) is 0 Å². The van der Waals surface area contributed by atoms with Crippen LogP contribution in [0.2, 0.25) is 0 Å². The molecule has 1 aliphatic rings. The van der Waals surface area contributed by atoms with Crippen molar-refractivity contribution in [3.8, 4) is 0 Å². The van der Waals surface area contributed by atoms with E-state index in [1.54, 1.807) is 24.3 Å². The molecule has 6 heteroatoms. The van der Waals surface area contributed by atoms with Crippen molar-refractivity contribution < 1.29 is 14.4 Å². The molecule has 1 aromatic carbocycles. The molecule has 0 bridgehead atoms. The molecule has 6 nitrogen and oxygen atoms in total. The third-order valence-electron chi connectivity index (χ3n) is 2.51. The standard InChI is InChI=1S/C11H11N3O3/c12-13-5-7(15)6-14-10(16)8-3-1-2-4-9(8)11(14)17/h1-4,13H,5-6,12H2. The van der Waals surface area contributed by atoms with Crippen molar-refractivity contribution in [3.63, 3.8) is 0 Å². The molecule has 2 rings (SSSR count). The van der Waals surface area contributed by atoms with Crippen molar-refractivity contribution in [2.45, 2.75) is 0 Å². The number of amides is 2. The molecule has 1 aromatic rings. The van der Waals surface area contributed by atoms with E-state index in [0.29, 0.717) is 11.1 Å². The van der Waals surface area contributed by atoms with Crippen molar-refractivity contribution in [1.29, 1.82) is 0 Å². The number of imide groups is 1. The predicted octanol–water partition coefficient (Wildman–Crippen LogP) is -0.685. The maximum absolute atomic E-state index is 11.8. The minimum absolute atomic E-state index is 0.0760. The highest BCUT2D eigenvalue weighted by Gasteiger charge is 2.35. The van der Waals surface area contributed by atoms with Crippen LogP contribution < -0.4 is 11.3 Å². The van der Waals surface area contributed by atoms with Gasteiger partial charge < -0.3 is 0 Å². The summed E-state index contributed by atoms with van der Waals surface area (Å²) >= 11 is 0. The largest absolute Gasteiger partial charge is 0.296 e. The Balaban J connectivity index is 2.22. The number of hydrogen-bond acceptors (Lipinski definition) is 5. The number of fused-ring (bicyclic) bond motifs is 1. The zero-order chi connectivity index (χ0) is 12.4. The molecule has 1 aliphatic heterocycles. The molecule has 0 saturated carbocycles. The van der Waals surface area contributed by atoms with E-state index >= 15 is 0 Å². The Bertz CT molecular complexity index is 463. The molecule has 3 N–H and O–H groups in total. The molecule has 0 aromatic heterocycles. The third-order valence-corrected chi connectivity index (χ3v) is 2.51. The zero-order valence-electron chi connectivity index (χ0n) is 8.97.